The quantitative estimate of drug-likeness (QED) is 0.895. The number of hydrogen-bond donors (Lipinski definition) is 1. The molecule has 1 saturated carbocycles. The van der Waals surface area contributed by atoms with Crippen LogP contribution in [0.1, 0.15) is 36.8 Å². The lowest BCUT2D eigenvalue weighted by molar-refractivity contribution is -0.223. The number of methoxy groups -OCH3 is 1. The highest BCUT2D eigenvalue weighted by Crippen LogP contribution is 2.57. The molecule has 5 nitrogen and oxygen atoms in total. The van der Waals surface area contributed by atoms with Crippen LogP contribution >= 0.6 is 0 Å². The average Bonchev–Trinajstić information content (AvgIpc) is 3.09. The summed E-state index contributed by atoms with van der Waals surface area (Å²) in [6.07, 6.45) is 6.89. The van der Waals surface area contributed by atoms with Crippen LogP contribution in [0.2, 0.25) is 0 Å². The van der Waals surface area contributed by atoms with Gasteiger partial charge in [-0.25, -0.2) is 0 Å². The van der Waals surface area contributed by atoms with Gasteiger partial charge in [-0.05, 0) is 56.7 Å². The first-order valence-corrected chi connectivity index (χ1v) is 9.45. The number of fused-ring (bicyclic) bond motifs is 3. The van der Waals surface area contributed by atoms with E-state index in [4.69, 9.17) is 14.2 Å². The summed E-state index contributed by atoms with van der Waals surface area (Å²) in [6.45, 7) is 2.13. The van der Waals surface area contributed by atoms with Crippen LogP contribution in [0.3, 0.4) is 0 Å². The second kappa shape index (κ2) is 6.34. The monoisotopic (exact) mass is 359 g/mol. The average molecular weight is 359 g/mol. The lowest BCUT2D eigenvalue weighted by atomic mass is 9.54. The number of rotatable bonds is 4. The summed E-state index contributed by atoms with van der Waals surface area (Å²) in [5, 5.41) is 11.8. The Morgan fingerprint density at radius 2 is 1.96 bits per heavy atom. The largest absolute Gasteiger partial charge is 0.497 e. The van der Waals surface area contributed by atoms with Gasteiger partial charge >= 0.3 is 0 Å². The normalized spacial score (nSPS) is 31.9. The Hall–Kier alpha value is -1.40. The highest BCUT2D eigenvalue weighted by molar-refractivity contribution is 5.64. The van der Waals surface area contributed by atoms with Gasteiger partial charge in [0.15, 0.2) is 5.79 Å². The molecule has 1 saturated heterocycles. The molecular weight excluding hydrogens is 330 g/mol. The van der Waals surface area contributed by atoms with Gasteiger partial charge in [0, 0.05) is 18.3 Å². The molecule has 0 amide bonds. The van der Waals surface area contributed by atoms with Crippen molar-refractivity contribution in [2.75, 3.05) is 41.0 Å². The first kappa shape index (κ1) is 18.0. The van der Waals surface area contributed by atoms with E-state index in [0.717, 1.165) is 36.3 Å². The maximum absolute atomic E-state index is 11.8. The third-order valence-electron chi connectivity index (χ3n) is 6.40. The minimum Gasteiger partial charge on any atom is -0.497 e. The lowest BCUT2D eigenvalue weighted by Crippen LogP contribution is -2.61. The van der Waals surface area contributed by atoms with Gasteiger partial charge in [0.05, 0.1) is 25.9 Å². The first-order chi connectivity index (χ1) is 12.4. The standard InChI is InChI=1S/C21H29NO4/c1-22(2)11-10-19-15-21(25-12-13-26-21)9-8-20(19,23)7-6-16-4-5-17(24-3)14-18(16)19/h4-7,14,23H,8-13,15H2,1-3H3/t19-,20?/m1/s1. The SMILES string of the molecule is COc1ccc2c(c1)[C@@]1(CCN(C)C)CC3(CCC1(O)C=C2)OCCO3. The fraction of sp³-hybridized carbons (Fsp3) is 0.619. The molecule has 1 unspecified atom stereocenters. The Balaban J connectivity index is 1.85. The van der Waals surface area contributed by atoms with E-state index in [1.807, 2.05) is 12.1 Å². The Bertz CT molecular complexity index is 710. The van der Waals surface area contributed by atoms with Crippen molar-refractivity contribution in [3.05, 3.63) is 35.4 Å². The second-order valence-electron chi connectivity index (χ2n) is 8.13. The molecule has 26 heavy (non-hydrogen) atoms. The van der Waals surface area contributed by atoms with E-state index in [1.54, 1.807) is 7.11 Å². The maximum atomic E-state index is 11.8. The third kappa shape index (κ3) is 2.69. The van der Waals surface area contributed by atoms with Crippen molar-refractivity contribution in [2.24, 2.45) is 0 Å². The predicted octanol–water partition coefficient (Wildman–Crippen LogP) is 2.57. The number of benzene rings is 1. The lowest BCUT2D eigenvalue weighted by Gasteiger charge is -2.56. The summed E-state index contributed by atoms with van der Waals surface area (Å²) >= 11 is 0. The predicted molar refractivity (Wildman–Crippen MR) is 100 cm³/mol. The number of nitrogens with zero attached hydrogens (tertiary/aromatic N) is 1. The van der Waals surface area contributed by atoms with Crippen molar-refractivity contribution >= 4 is 6.08 Å². The van der Waals surface area contributed by atoms with Crippen LogP contribution in [0.15, 0.2) is 24.3 Å². The van der Waals surface area contributed by atoms with Crippen molar-refractivity contribution in [1.82, 2.24) is 4.90 Å². The van der Waals surface area contributed by atoms with Crippen molar-refractivity contribution < 1.29 is 19.3 Å². The van der Waals surface area contributed by atoms with Crippen LogP contribution in [0, 0.1) is 0 Å². The van der Waals surface area contributed by atoms with E-state index in [1.165, 1.54) is 0 Å². The van der Waals surface area contributed by atoms with Crippen LogP contribution in [0.5, 0.6) is 5.75 Å². The van der Waals surface area contributed by atoms with Crippen LogP contribution in [-0.2, 0) is 14.9 Å². The molecule has 1 aromatic carbocycles. The highest BCUT2D eigenvalue weighted by Gasteiger charge is 2.61. The molecule has 0 aromatic heterocycles. The van der Waals surface area contributed by atoms with Gasteiger partial charge in [-0.3, -0.25) is 0 Å². The summed E-state index contributed by atoms with van der Waals surface area (Å²) in [4.78, 5) is 2.17. The van der Waals surface area contributed by atoms with Crippen molar-refractivity contribution in [2.45, 2.75) is 42.5 Å². The molecule has 1 aliphatic heterocycles. The van der Waals surface area contributed by atoms with E-state index in [9.17, 15) is 5.11 Å². The molecule has 2 fully saturated rings. The molecule has 1 spiro atoms. The molecule has 4 rings (SSSR count). The molecule has 3 aliphatic rings. The summed E-state index contributed by atoms with van der Waals surface area (Å²) in [5.41, 5.74) is 0.924. The Kier molecular flexibility index (Phi) is 4.39. The Morgan fingerprint density at radius 3 is 2.65 bits per heavy atom. The van der Waals surface area contributed by atoms with Gasteiger partial charge in [-0.15, -0.1) is 0 Å². The third-order valence-corrected chi connectivity index (χ3v) is 6.40. The molecular formula is C21H29NO4. The highest BCUT2D eigenvalue weighted by atomic mass is 16.7. The van der Waals surface area contributed by atoms with E-state index in [2.05, 4.69) is 37.2 Å². The molecule has 0 radical (unpaired) electrons. The van der Waals surface area contributed by atoms with Crippen LogP contribution in [0.4, 0.5) is 0 Å². The van der Waals surface area contributed by atoms with Crippen molar-refractivity contribution in [3.8, 4) is 5.75 Å². The summed E-state index contributed by atoms with van der Waals surface area (Å²) in [6, 6.07) is 6.15. The van der Waals surface area contributed by atoms with Gasteiger partial charge in [0.2, 0.25) is 0 Å². The van der Waals surface area contributed by atoms with Crippen LogP contribution < -0.4 is 4.74 Å². The molecule has 142 valence electrons. The van der Waals surface area contributed by atoms with Crippen molar-refractivity contribution in [1.29, 1.82) is 0 Å². The maximum Gasteiger partial charge on any atom is 0.169 e. The van der Waals surface area contributed by atoms with E-state index < -0.39 is 16.8 Å². The smallest absolute Gasteiger partial charge is 0.169 e. The first-order valence-electron chi connectivity index (χ1n) is 9.45. The zero-order valence-corrected chi connectivity index (χ0v) is 16.0. The fourth-order valence-electron chi connectivity index (χ4n) is 4.94. The minimum atomic E-state index is -0.900. The number of ether oxygens (including phenoxy) is 3. The van der Waals surface area contributed by atoms with E-state index in [-0.39, 0.29) is 0 Å². The number of aliphatic hydroxyl groups is 1. The molecule has 2 aliphatic carbocycles. The van der Waals surface area contributed by atoms with Crippen LogP contribution in [0.25, 0.3) is 6.08 Å². The Labute approximate surface area is 155 Å². The van der Waals surface area contributed by atoms with Gasteiger partial charge < -0.3 is 24.2 Å². The molecule has 0 bridgehead atoms. The van der Waals surface area contributed by atoms with E-state index >= 15 is 0 Å². The topological polar surface area (TPSA) is 51.2 Å². The zero-order chi connectivity index (χ0) is 18.4. The molecule has 1 heterocycles. The van der Waals surface area contributed by atoms with Gasteiger partial charge in [0.25, 0.3) is 0 Å². The van der Waals surface area contributed by atoms with Crippen molar-refractivity contribution in [3.63, 3.8) is 0 Å². The Morgan fingerprint density at radius 1 is 1.19 bits per heavy atom. The summed E-state index contributed by atoms with van der Waals surface area (Å²) in [7, 11) is 5.83. The van der Waals surface area contributed by atoms with Gasteiger partial charge in [0.1, 0.15) is 5.75 Å². The zero-order valence-electron chi connectivity index (χ0n) is 16.0. The number of hydrogen-bond acceptors (Lipinski definition) is 5. The fourth-order valence-corrected chi connectivity index (χ4v) is 4.94. The minimum absolute atomic E-state index is 0.460. The van der Waals surface area contributed by atoms with E-state index in [0.29, 0.717) is 26.1 Å². The molecule has 1 aromatic rings. The summed E-state index contributed by atoms with van der Waals surface area (Å²) in [5.74, 6) is 0.239. The van der Waals surface area contributed by atoms with Crippen LogP contribution in [-0.4, -0.2) is 62.4 Å². The van der Waals surface area contributed by atoms with Gasteiger partial charge in [-0.2, -0.15) is 0 Å². The second-order valence-corrected chi connectivity index (χ2v) is 8.13. The molecule has 1 N–H and O–H groups in total. The molecule has 2 atom stereocenters. The van der Waals surface area contributed by atoms with Gasteiger partial charge in [-0.1, -0.05) is 18.2 Å². The summed E-state index contributed by atoms with van der Waals surface area (Å²) < 4.78 is 17.7. The molecule has 5 heteroatoms.